The first-order valence-corrected chi connectivity index (χ1v) is 9.69. The minimum absolute atomic E-state index is 0.0452. The first-order valence-electron chi connectivity index (χ1n) is 8.30. The third kappa shape index (κ3) is 4.48. The maximum atomic E-state index is 14.4. The van der Waals surface area contributed by atoms with E-state index in [0.717, 1.165) is 5.75 Å². The summed E-state index contributed by atoms with van der Waals surface area (Å²) in [6, 6.07) is 4.62. The lowest BCUT2D eigenvalue weighted by Crippen LogP contribution is -2.30. The summed E-state index contributed by atoms with van der Waals surface area (Å²) in [7, 11) is 0. The zero-order valence-corrected chi connectivity index (χ0v) is 16.7. The van der Waals surface area contributed by atoms with E-state index in [-0.39, 0.29) is 28.8 Å². The van der Waals surface area contributed by atoms with Crippen LogP contribution in [0.15, 0.2) is 28.3 Å². The Bertz CT molecular complexity index is 791. The molecule has 0 saturated heterocycles. The molecule has 1 aliphatic heterocycles. The topological polar surface area (TPSA) is 93.8 Å². The van der Waals surface area contributed by atoms with E-state index in [4.69, 9.17) is 23.8 Å². The minimum atomic E-state index is -0.735. The number of nitrogens with two attached hydrogens (primary N) is 2. The van der Waals surface area contributed by atoms with E-state index >= 15 is 0 Å². The highest BCUT2D eigenvalue weighted by molar-refractivity contribution is 8.13. The molecule has 1 heterocycles. The van der Waals surface area contributed by atoms with Crippen molar-refractivity contribution in [1.82, 2.24) is 0 Å². The normalized spacial score (nSPS) is 20.8. The molecule has 140 valence electrons. The van der Waals surface area contributed by atoms with Gasteiger partial charge in [0.2, 0.25) is 0 Å². The molecule has 0 spiro atoms. The number of carbonyl (C=O) groups is 1. The SMILES string of the molecule is CC(C)C(=NN)C(=S)C(=O)Cc1ccc(F)c([C@]2(C)CCSC(N)=N2)c1. The van der Waals surface area contributed by atoms with Crippen molar-refractivity contribution in [2.24, 2.45) is 27.6 Å². The summed E-state index contributed by atoms with van der Waals surface area (Å²) in [5.41, 5.74) is 6.60. The van der Waals surface area contributed by atoms with Crippen LogP contribution in [0, 0.1) is 11.7 Å². The quantitative estimate of drug-likeness (QED) is 0.335. The molecule has 1 aromatic carbocycles. The zero-order chi connectivity index (χ0) is 19.5. The summed E-state index contributed by atoms with van der Waals surface area (Å²) in [5.74, 6) is 5.45. The molecule has 4 N–H and O–H groups in total. The molecule has 1 aromatic rings. The number of halogens is 1. The van der Waals surface area contributed by atoms with Crippen LogP contribution >= 0.6 is 24.0 Å². The van der Waals surface area contributed by atoms with Crippen molar-refractivity contribution in [2.45, 2.75) is 39.2 Å². The molecular weight excluding hydrogens is 371 g/mol. The smallest absolute Gasteiger partial charge is 0.179 e. The van der Waals surface area contributed by atoms with Gasteiger partial charge in [0.1, 0.15) is 10.7 Å². The Balaban J connectivity index is 2.29. The lowest BCUT2D eigenvalue weighted by Gasteiger charge is -2.30. The number of rotatable bonds is 6. The molecule has 0 unspecified atom stereocenters. The van der Waals surface area contributed by atoms with Crippen molar-refractivity contribution in [3.63, 3.8) is 0 Å². The number of ketones is 1. The van der Waals surface area contributed by atoms with Crippen molar-refractivity contribution < 1.29 is 9.18 Å². The van der Waals surface area contributed by atoms with E-state index in [1.54, 1.807) is 12.1 Å². The molecule has 0 radical (unpaired) electrons. The number of Topliss-reactive ketones (excluding diaryl/α,β-unsaturated/α-hetero) is 1. The van der Waals surface area contributed by atoms with Crippen molar-refractivity contribution in [3.05, 3.63) is 35.1 Å². The third-order valence-corrected chi connectivity index (χ3v) is 5.58. The monoisotopic (exact) mass is 394 g/mol. The van der Waals surface area contributed by atoms with Gasteiger partial charge in [-0.05, 0) is 37.0 Å². The summed E-state index contributed by atoms with van der Waals surface area (Å²) >= 11 is 6.68. The molecule has 26 heavy (non-hydrogen) atoms. The van der Waals surface area contributed by atoms with Gasteiger partial charge in [-0.15, -0.1) is 0 Å². The number of hydrazone groups is 1. The first-order chi connectivity index (χ1) is 12.2. The molecule has 1 atom stereocenters. The number of benzene rings is 1. The Morgan fingerprint density at radius 3 is 2.77 bits per heavy atom. The molecule has 0 amide bonds. The second kappa shape index (κ2) is 8.26. The van der Waals surface area contributed by atoms with Crippen molar-refractivity contribution >= 4 is 45.5 Å². The minimum Gasteiger partial charge on any atom is -0.379 e. The van der Waals surface area contributed by atoms with E-state index in [1.807, 2.05) is 20.8 Å². The molecule has 0 aromatic heterocycles. The average molecular weight is 395 g/mol. The van der Waals surface area contributed by atoms with Crippen molar-refractivity contribution in [3.8, 4) is 0 Å². The highest BCUT2D eigenvalue weighted by atomic mass is 32.2. The van der Waals surface area contributed by atoms with E-state index < -0.39 is 5.54 Å². The summed E-state index contributed by atoms with van der Waals surface area (Å²) in [5, 5.41) is 4.08. The van der Waals surface area contributed by atoms with E-state index in [1.165, 1.54) is 17.8 Å². The van der Waals surface area contributed by atoms with Gasteiger partial charge in [-0.1, -0.05) is 43.9 Å². The Kier molecular flexibility index (Phi) is 6.52. The van der Waals surface area contributed by atoms with Crippen LogP contribution in [-0.2, 0) is 16.8 Å². The van der Waals surface area contributed by atoms with Gasteiger partial charge in [0.15, 0.2) is 11.0 Å². The van der Waals surface area contributed by atoms with Gasteiger partial charge in [-0.3, -0.25) is 9.79 Å². The predicted molar refractivity (Wildman–Crippen MR) is 110 cm³/mol. The number of aliphatic imine (C=N–C) groups is 1. The largest absolute Gasteiger partial charge is 0.379 e. The number of carbonyl (C=O) groups excluding carboxylic acids is 1. The van der Waals surface area contributed by atoms with E-state index in [9.17, 15) is 9.18 Å². The molecule has 0 fully saturated rings. The van der Waals surface area contributed by atoms with Crippen molar-refractivity contribution in [1.29, 1.82) is 0 Å². The number of nitrogens with zero attached hydrogens (tertiary/aromatic N) is 2. The number of thiocarbonyl (C=S) groups is 1. The molecule has 5 nitrogen and oxygen atoms in total. The third-order valence-electron chi connectivity index (χ3n) is 4.34. The highest BCUT2D eigenvalue weighted by Crippen LogP contribution is 2.36. The fourth-order valence-electron chi connectivity index (χ4n) is 2.85. The summed E-state index contributed by atoms with van der Waals surface area (Å²) in [6.07, 6.45) is 0.726. The van der Waals surface area contributed by atoms with Crippen LogP contribution in [0.5, 0.6) is 0 Å². The number of amidine groups is 1. The maximum Gasteiger partial charge on any atom is 0.179 e. The van der Waals surface area contributed by atoms with Crippen LogP contribution in [0.4, 0.5) is 4.39 Å². The van der Waals surface area contributed by atoms with Gasteiger partial charge < -0.3 is 11.6 Å². The van der Waals surface area contributed by atoms with E-state index in [2.05, 4.69) is 10.1 Å². The molecule has 0 saturated carbocycles. The van der Waals surface area contributed by atoms with Gasteiger partial charge >= 0.3 is 0 Å². The lowest BCUT2D eigenvalue weighted by atomic mass is 9.87. The van der Waals surface area contributed by atoms with Crippen LogP contribution in [0.1, 0.15) is 38.3 Å². The van der Waals surface area contributed by atoms with Crippen LogP contribution in [0.3, 0.4) is 0 Å². The van der Waals surface area contributed by atoms with Crippen LogP contribution < -0.4 is 11.6 Å². The van der Waals surface area contributed by atoms with E-state index in [0.29, 0.717) is 28.4 Å². The first kappa shape index (κ1) is 20.5. The van der Waals surface area contributed by atoms with Crippen LogP contribution in [0.2, 0.25) is 0 Å². The molecule has 8 heteroatoms. The van der Waals surface area contributed by atoms with Gasteiger partial charge in [-0.25, -0.2) is 4.39 Å². The maximum absolute atomic E-state index is 14.4. The lowest BCUT2D eigenvalue weighted by molar-refractivity contribution is -0.112. The number of hydrogen-bond acceptors (Lipinski definition) is 7. The van der Waals surface area contributed by atoms with Gasteiger partial charge in [0.25, 0.3) is 0 Å². The second-order valence-corrected chi connectivity index (χ2v) is 8.26. The van der Waals surface area contributed by atoms with Crippen LogP contribution in [0.25, 0.3) is 0 Å². The molecular formula is C18H23FN4OS2. The molecule has 1 aliphatic rings. The molecule has 0 aliphatic carbocycles. The van der Waals surface area contributed by atoms with Gasteiger partial charge in [0.05, 0.1) is 11.3 Å². The molecule has 0 bridgehead atoms. The summed E-state index contributed by atoms with van der Waals surface area (Å²) < 4.78 is 14.4. The fraction of sp³-hybridized carbons (Fsp3) is 0.444. The molecule has 2 rings (SSSR count). The summed E-state index contributed by atoms with van der Waals surface area (Å²) in [6.45, 7) is 5.59. The van der Waals surface area contributed by atoms with Crippen molar-refractivity contribution in [2.75, 3.05) is 5.75 Å². The average Bonchev–Trinajstić information content (AvgIpc) is 2.56. The van der Waals surface area contributed by atoms with Gasteiger partial charge in [0, 0.05) is 17.7 Å². The Hall–Kier alpha value is -1.80. The number of hydrogen-bond donors (Lipinski definition) is 2. The van der Waals surface area contributed by atoms with Crippen LogP contribution in [-0.4, -0.2) is 27.3 Å². The second-order valence-electron chi connectivity index (χ2n) is 6.73. The zero-order valence-electron chi connectivity index (χ0n) is 15.1. The highest BCUT2D eigenvalue weighted by Gasteiger charge is 2.32. The Labute approximate surface area is 162 Å². The standard InChI is InChI=1S/C18H23FN4OS2/c1-10(2)15(23-21)16(25)14(24)9-11-4-5-13(19)12(8-11)18(3)6-7-26-17(20)22-18/h4-5,8,10H,6-7,9,21H2,1-3H3,(H2,20,22)/t18-/m0/s1. The Morgan fingerprint density at radius 1 is 1.50 bits per heavy atom. The predicted octanol–water partition coefficient (Wildman–Crippen LogP) is 2.94. The fourth-order valence-corrected chi connectivity index (χ4v) is 4.19. The summed E-state index contributed by atoms with van der Waals surface area (Å²) in [4.78, 5) is 17.1. The van der Waals surface area contributed by atoms with Gasteiger partial charge in [-0.2, -0.15) is 5.10 Å². The number of thioether (sulfide) groups is 1. The Morgan fingerprint density at radius 2 is 2.19 bits per heavy atom.